The summed E-state index contributed by atoms with van der Waals surface area (Å²) >= 11 is 0. The van der Waals surface area contributed by atoms with Crippen molar-refractivity contribution in [1.82, 2.24) is 10.2 Å². The van der Waals surface area contributed by atoms with Gasteiger partial charge in [0.05, 0.1) is 6.10 Å². The lowest BCUT2D eigenvalue weighted by Crippen LogP contribution is -2.46. The Morgan fingerprint density at radius 3 is 2.45 bits per heavy atom. The number of carbonyl (C=O) groups is 1. The summed E-state index contributed by atoms with van der Waals surface area (Å²) in [5.41, 5.74) is -0.414. The first kappa shape index (κ1) is 17.2. The number of likely N-dealkylation sites (tertiary alicyclic amines) is 1. The Bertz CT molecular complexity index is 294. The molecule has 1 fully saturated rings. The van der Waals surface area contributed by atoms with Crippen LogP contribution < -0.4 is 5.32 Å². The molecule has 0 saturated carbocycles. The summed E-state index contributed by atoms with van der Waals surface area (Å²) < 4.78 is 10.6. The van der Waals surface area contributed by atoms with E-state index in [-0.39, 0.29) is 6.09 Å². The molecule has 0 radical (unpaired) electrons. The topological polar surface area (TPSA) is 50.8 Å². The Morgan fingerprint density at radius 2 is 1.95 bits per heavy atom. The molecule has 0 aromatic carbocycles. The predicted molar refractivity (Wildman–Crippen MR) is 79.9 cm³/mol. The van der Waals surface area contributed by atoms with Gasteiger partial charge in [-0.3, -0.25) is 0 Å². The average molecular weight is 286 g/mol. The summed E-state index contributed by atoms with van der Waals surface area (Å²) in [6.45, 7) is 10.3. The lowest BCUT2D eigenvalue weighted by Gasteiger charge is -2.34. The van der Waals surface area contributed by atoms with Gasteiger partial charge in [-0.2, -0.15) is 0 Å². The molecule has 0 bridgehead atoms. The van der Waals surface area contributed by atoms with Crippen LogP contribution >= 0.6 is 0 Å². The number of ether oxygens (including phenoxy) is 2. The monoisotopic (exact) mass is 286 g/mol. The molecule has 0 aromatic heterocycles. The number of nitrogens with zero attached hydrogens (tertiary/aromatic N) is 1. The number of carbonyl (C=O) groups excluding carboxylic acids is 1. The van der Waals surface area contributed by atoms with Crippen molar-refractivity contribution < 1.29 is 14.3 Å². The maximum Gasteiger partial charge on any atom is 0.410 e. The highest BCUT2D eigenvalue weighted by molar-refractivity contribution is 5.68. The van der Waals surface area contributed by atoms with Gasteiger partial charge in [0.25, 0.3) is 0 Å². The van der Waals surface area contributed by atoms with Crippen LogP contribution in [0, 0.1) is 0 Å². The Morgan fingerprint density at radius 1 is 1.35 bits per heavy atom. The summed E-state index contributed by atoms with van der Waals surface area (Å²) in [7, 11) is 1.74. The highest BCUT2D eigenvalue weighted by Gasteiger charge is 2.26. The van der Waals surface area contributed by atoms with Crippen molar-refractivity contribution in [3.63, 3.8) is 0 Å². The molecule has 5 nitrogen and oxygen atoms in total. The van der Waals surface area contributed by atoms with Crippen molar-refractivity contribution in [3.05, 3.63) is 0 Å². The van der Waals surface area contributed by atoms with Gasteiger partial charge in [-0.25, -0.2) is 4.79 Å². The quantitative estimate of drug-likeness (QED) is 0.843. The van der Waals surface area contributed by atoms with Crippen molar-refractivity contribution in [2.24, 2.45) is 0 Å². The molecule has 1 aliphatic rings. The number of nitrogens with one attached hydrogen (secondary N) is 1. The molecule has 1 amide bonds. The van der Waals surface area contributed by atoms with Gasteiger partial charge >= 0.3 is 6.09 Å². The first-order chi connectivity index (χ1) is 9.31. The summed E-state index contributed by atoms with van der Waals surface area (Å²) in [5, 5.41) is 3.54. The summed E-state index contributed by atoms with van der Waals surface area (Å²) in [6.07, 6.45) is 3.09. The van der Waals surface area contributed by atoms with Crippen molar-refractivity contribution in [3.8, 4) is 0 Å². The summed E-state index contributed by atoms with van der Waals surface area (Å²) in [6, 6.07) is 0.498. The maximum atomic E-state index is 11.9. The zero-order valence-corrected chi connectivity index (χ0v) is 13.6. The van der Waals surface area contributed by atoms with Crippen molar-refractivity contribution in [2.75, 3.05) is 26.7 Å². The van der Waals surface area contributed by atoms with E-state index in [0.717, 1.165) is 38.9 Å². The molecule has 1 aliphatic heterocycles. The first-order valence-corrected chi connectivity index (χ1v) is 7.56. The SMILES string of the molecule is COC(C)CCNC1CCN(C(=O)OC(C)(C)C)CC1. The molecule has 0 aliphatic carbocycles. The van der Waals surface area contributed by atoms with Gasteiger partial charge in [0.2, 0.25) is 0 Å². The lowest BCUT2D eigenvalue weighted by atomic mass is 10.1. The van der Waals surface area contributed by atoms with Crippen LogP contribution in [0.25, 0.3) is 0 Å². The fraction of sp³-hybridized carbons (Fsp3) is 0.933. The molecular weight excluding hydrogens is 256 g/mol. The van der Waals surface area contributed by atoms with Gasteiger partial charge in [-0.1, -0.05) is 0 Å². The van der Waals surface area contributed by atoms with E-state index in [2.05, 4.69) is 12.2 Å². The standard InChI is InChI=1S/C15H30N2O3/c1-12(19-5)6-9-16-13-7-10-17(11-8-13)14(18)20-15(2,3)4/h12-13,16H,6-11H2,1-5H3. The molecular formula is C15H30N2O3. The van der Waals surface area contributed by atoms with Gasteiger partial charge < -0.3 is 19.7 Å². The molecule has 20 heavy (non-hydrogen) atoms. The molecule has 1 unspecified atom stereocenters. The second kappa shape index (κ2) is 7.84. The molecule has 0 aromatic rings. The van der Waals surface area contributed by atoms with Crippen LogP contribution in [0.1, 0.15) is 47.0 Å². The Kier molecular flexibility index (Phi) is 6.76. The van der Waals surface area contributed by atoms with Gasteiger partial charge in [0.15, 0.2) is 0 Å². The van der Waals surface area contributed by atoms with E-state index in [0.29, 0.717) is 12.1 Å². The Balaban J connectivity index is 2.21. The third-order valence-corrected chi connectivity index (χ3v) is 3.53. The van der Waals surface area contributed by atoms with Crippen molar-refractivity contribution >= 4 is 6.09 Å². The number of hydrogen-bond donors (Lipinski definition) is 1. The predicted octanol–water partition coefficient (Wildman–Crippen LogP) is 2.40. The molecule has 1 heterocycles. The zero-order valence-electron chi connectivity index (χ0n) is 13.6. The van der Waals surface area contributed by atoms with Crippen LogP contribution in [0.4, 0.5) is 4.79 Å². The van der Waals surface area contributed by atoms with E-state index in [1.165, 1.54) is 0 Å². The van der Waals surface area contributed by atoms with Crippen molar-refractivity contribution in [2.45, 2.75) is 64.7 Å². The van der Waals surface area contributed by atoms with E-state index >= 15 is 0 Å². The molecule has 1 N–H and O–H groups in total. The smallest absolute Gasteiger partial charge is 0.410 e. The van der Waals surface area contributed by atoms with E-state index < -0.39 is 5.60 Å². The molecule has 118 valence electrons. The van der Waals surface area contributed by atoms with Crippen LogP contribution in [0.15, 0.2) is 0 Å². The number of piperidine rings is 1. The minimum atomic E-state index is -0.414. The van der Waals surface area contributed by atoms with Crippen LogP contribution in [0.5, 0.6) is 0 Å². The van der Waals surface area contributed by atoms with Gasteiger partial charge in [0.1, 0.15) is 5.60 Å². The van der Waals surface area contributed by atoms with E-state index in [9.17, 15) is 4.79 Å². The second-order valence-corrected chi connectivity index (χ2v) is 6.53. The Labute approximate surface area is 123 Å². The van der Waals surface area contributed by atoms with Crippen LogP contribution in [0.3, 0.4) is 0 Å². The summed E-state index contributed by atoms with van der Waals surface area (Å²) in [5.74, 6) is 0. The van der Waals surface area contributed by atoms with Crippen LogP contribution in [-0.4, -0.2) is 55.5 Å². The van der Waals surface area contributed by atoms with Crippen molar-refractivity contribution in [1.29, 1.82) is 0 Å². The molecule has 1 rings (SSSR count). The van der Waals surface area contributed by atoms with E-state index in [1.54, 1.807) is 12.0 Å². The lowest BCUT2D eigenvalue weighted by molar-refractivity contribution is 0.0197. The number of hydrogen-bond acceptors (Lipinski definition) is 4. The minimum Gasteiger partial charge on any atom is -0.444 e. The fourth-order valence-corrected chi connectivity index (χ4v) is 2.20. The van der Waals surface area contributed by atoms with Gasteiger partial charge in [0, 0.05) is 26.2 Å². The number of rotatable bonds is 5. The number of amides is 1. The highest BCUT2D eigenvalue weighted by Crippen LogP contribution is 2.15. The maximum absolute atomic E-state index is 11.9. The molecule has 1 atom stereocenters. The van der Waals surface area contributed by atoms with Gasteiger partial charge in [-0.05, 0) is 53.5 Å². The zero-order chi connectivity index (χ0) is 15.2. The van der Waals surface area contributed by atoms with E-state index in [1.807, 2.05) is 20.8 Å². The van der Waals surface area contributed by atoms with Crippen LogP contribution in [-0.2, 0) is 9.47 Å². The van der Waals surface area contributed by atoms with Crippen LogP contribution in [0.2, 0.25) is 0 Å². The third-order valence-electron chi connectivity index (χ3n) is 3.53. The number of methoxy groups -OCH3 is 1. The second-order valence-electron chi connectivity index (χ2n) is 6.53. The molecule has 1 saturated heterocycles. The first-order valence-electron chi connectivity index (χ1n) is 7.56. The third kappa shape index (κ3) is 6.57. The van der Waals surface area contributed by atoms with E-state index in [4.69, 9.17) is 9.47 Å². The average Bonchev–Trinajstić information content (AvgIpc) is 2.37. The minimum absolute atomic E-state index is 0.191. The fourth-order valence-electron chi connectivity index (χ4n) is 2.20. The Hall–Kier alpha value is -0.810. The van der Waals surface area contributed by atoms with Gasteiger partial charge in [-0.15, -0.1) is 0 Å². The largest absolute Gasteiger partial charge is 0.444 e. The molecule has 0 spiro atoms. The summed E-state index contributed by atoms with van der Waals surface area (Å²) in [4.78, 5) is 13.7. The molecule has 5 heteroatoms. The highest BCUT2D eigenvalue weighted by atomic mass is 16.6. The normalized spacial score (nSPS) is 18.9.